The van der Waals surface area contributed by atoms with Gasteiger partial charge in [0.15, 0.2) is 0 Å². The van der Waals surface area contributed by atoms with E-state index in [0.29, 0.717) is 6.04 Å². The quantitative estimate of drug-likeness (QED) is 0.657. The fourth-order valence-electron chi connectivity index (χ4n) is 3.62. The van der Waals surface area contributed by atoms with Gasteiger partial charge in [0.1, 0.15) is 11.5 Å². The van der Waals surface area contributed by atoms with E-state index in [-0.39, 0.29) is 0 Å². The minimum Gasteiger partial charge on any atom is -0.497 e. The molecule has 1 heterocycles. The number of methoxy groups -OCH3 is 2. The first-order chi connectivity index (χ1) is 13.3. The molecule has 0 amide bonds. The van der Waals surface area contributed by atoms with E-state index in [1.165, 1.54) is 16.9 Å². The maximum absolute atomic E-state index is 5.31. The average molecular weight is 360 g/mol. The van der Waals surface area contributed by atoms with Gasteiger partial charge in [0.2, 0.25) is 0 Å². The van der Waals surface area contributed by atoms with E-state index in [2.05, 4.69) is 64.4 Å². The molecule has 1 saturated heterocycles. The first-order valence-electron chi connectivity index (χ1n) is 9.13. The molecule has 1 unspecified atom stereocenters. The maximum Gasteiger partial charge on any atom is 0.119 e. The molecule has 1 aliphatic rings. The molecule has 0 aliphatic carbocycles. The van der Waals surface area contributed by atoms with Crippen LogP contribution < -0.4 is 19.3 Å². The van der Waals surface area contributed by atoms with Crippen LogP contribution in [0.3, 0.4) is 0 Å². The zero-order valence-corrected chi connectivity index (χ0v) is 15.7. The largest absolute Gasteiger partial charge is 0.497 e. The Balaban J connectivity index is 1.65. The van der Waals surface area contributed by atoms with Crippen LogP contribution in [-0.2, 0) is 0 Å². The highest BCUT2D eigenvalue weighted by atomic mass is 16.5. The van der Waals surface area contributed by atoms with Crippen LogP contribution in [0.15, 0.2) is 78.9 Å². The molecule has 0 saturated carbocycles. The van der Waals surface area contributed by atoms with Gasteiger partial charge in [0.25, 0.3) is 0 Å². The van der Waals surface area contributed by atoms with Gasteiger partial charge in [0, 0.05) is 17.9 Å². The van der Waals surface area contributed by atoms with Gasteiger partial charge in [-0.25, -0.2) is 0 Å². The van der Waals surface area contributed by atoms with E-state index in [1.807, 2.05) is 24.3 Å². The molecule has 3 aromatic carbocycles. The normalized spacial score (nSPS) is 16.4. The number of hydrogen-bond acceptors (Lipinski definition) is 4. The molecule has 0 aromatic heterocycles. The Labute approximate surface area is 160 Å². The van der Waals surface area contributed by atoms with Gasteiger partial charge in [-0.3, -0.25) is 0 Å². The molecule has 27 heavy (non-hydrogen) atoms. The number of rotatable bonds is 5. The second kappa shape index (κ2) is 7.62. The van der Waals surface area contributed by atoms with Gasteiger partial charge < -0.3 is 19.3 Å². The summed E-state index contributed by atoms with van der Waals surface area (Å²) in [6, 6.07) is 27.6. The number of anilines is 2. The third kappa shape index (κ3) is 3.56. The van der Waals surface area contributed by atoms with Crippen LogP contribution >= 0.6 is 0 Å². The zero-order valence-electron chi connectivity index (χ0n) is 15.7. The van der Waals surface area contributed by atoms with Gasteiger partial charge in [0.05, 0.1) is 26.9 Å². The predicted molar refractivity (Wildman–Crippen MR) is 110 cm³/mol. The summed E-state index contributed by atoms with van der Waals surface area (Å²) in [6.45, 7) is 1.76. The molecule has 1 atom stereocenters. The summed E-state index contributed by atoms with van der Waals surface area (Å²) in [7, 11) is 3.39. The van der Waals surface area contributed by atoms with Crippen LogP contribution in [0, 0.1) is 0 Å². The standard InChI is InChI=1S/C23H24N2O2/c1-26-21-12-8-19(9-13-21)24-16-23(18-6-4-3-5-7-18)25(17-24)20-10-14-22(27-2)15-11-20/h3-15,23H,16-17H2,1-2H3. The molecule has 1 fully saturated rings. The van der Waals surface area contributed by atoms with Crippen LogP contribution in [0.2, 0.25) is 0 Å². The minimum absolute atomic E-state index is 0.293. The molecule has 0 radical (unpaired) electrons. The highest BCUT2D eigenvalue weighted by Crippen LogP contribution is 2.36. The van der Waals surface area contributed by atoms with Crippen molar-refractivity contribution in [2.24, 2.45) is 0 Å². The lowest BCUT2D eigenvalue weighted by molar-refractivity contribution is 0.414. The van der Waals surface area contributed by atoms with Crippen molar-refractivity contribution in [3.05, 3.63) is 84.4 Å². The third-order valence-corrected chi connectivity index (χ3v) is 5.12. The third-order valence-electron chi connectivity index (χ3n) is 5.12. The van der Waals surface area contributed by atoms with Gasteiger partial charge in [-0.15, -0.1) is 0 Å². The highest BCUT2D eigenvalue weighted by molar-refractivity contribution is 5.59. The lowest BCUT2D eigenvalue weighted by Crippen LogP contribution is -2.26. The zero-order chi connectivity index (χ0) is 18.6. The lowest BCUT2D eigenvalue weighted by atomic mass is 10.1. The van der Waals surface area contributed by atoms with E-state index in [4.69, 9.17) is 9.47 Å². The van der Waals surface area contributed by atoms with Crippen molar-refractivity contribution in [1.29, 1.82) is 0 Å². The molecule has 3 aromatic rings. The maximum atomic E-state index is 5.31. The van der Waals surface area contributed by atoms with E-state index >= 15 is 0 Å². The molecule has 0 N–H and O–H groups in total. The molecular weight excluding hydrogens is 336 g/mol. The van der Waals surface area contributed by atoms with Crippen LogP contribution in [0.25, 0.3) is 0 Å². The van der Waals surface area contributed by atoms with Crippen molar-refractivity contribution < 1.29 is 9.47 Å². The highest BCUT2D eigenvalue weighted by Gasteiger charge is 2.31. The second-order valence-corrected chi connectivity index (χ2v) is 6.66. The Morgan fingerprint density at radius 3 is 1.81 bits per heavy atom. The van der Waals surface area contributed by atoms with Crippen molar-refractivity contribution >= 4 is 11.4 Å². The van der Waals surface area contributed by atoms with Gasteiger partial charge in [-0.1, -0.05) is 30.3 Å². The summed E-state index contributed by atoms with van der Waals surface area (Å²) in [5, 5.41) is 0. The molecule has 4 rings (SSSR count). The van der Waals surface area contributed by atoms with Gasteiger partial charge in [-0.2, -0.15) is 0 Å². The summed E-state index contributed by atoms with van der Waals surface area (Å²) in [5.74, 6) is 1.76. The Hall–Kier alpha value is -3.14. The minimum atomic E-state index is 0.293. The molecule has 0 bridgehead atoms. The summed E-state index contributed by atoms with van der Waals surface area (Å²) in [4.78, 5) is 4.85. The SMILES string of the molecule is COc1ccc(N2CC(c3ccccc3)N(c3ccc(OC)cc3)C2)cc1. The van der Waals surface area contributed by atoms with Gasteiger partial charge in [-0.05, 0) is 54.1 Å². The smallest absolute Gasteiger partial charge is 0.119 e. The second-order valence-electron chi connectivity index (χ2n) is 6.66. The lowest BCUT2D eigenvalue weighted by Gasteiger charge is -2.26. The summed E-state index contributed by atoms with van der Waals surface area (Å²) >= 11 is 0. The van der Waals surface area contributed by atoms with Crippen molar-refractivity contribution in [1.82, 2.24) is 0 Å². The average Bonchev–Trinajstić information content (AvgIpc) is 3.20. The first-order valence-corrected chi connectivity index (χ1v) is 9.13. The molecule has 138 valence electrons. The van der Waals surface area contributed by atoms with E-state index in [9.17, 15) is 0 Å². The molecule has 4 nitrogen and oxygen atoms in total. The van der Waals surface area contributed by atoms with Crippen LogP contribution in [0.5, 0.6) is 11.5 Å². The van der Waals surface area contributed by atoms with Crippen LogP contribution in [0.4, 0.5) is 11.4 Å². The topological polar surface area (TPSA) is 24.9 Å². The van der Waals surface area contributed by atoms with Crippen LogP contribution in [-0.4, -0.2) is 27.4 Å². The predicted octanol–water partition coefficient (Wildman–Crippen LogP) is 4.73. The fourth-order valence-corrected chi connectivity index (χ4v) is 3.62. The molecule has 1 aliphatic heterocycles. The van der Waals surface area contributed by atoms with Crippen molar-refractivity contribution in [3.63, 3.8) is 0 Å². The van der Waals surface area contributed by atoms with Crippen LogP contribution in [0.1, 0.15) is 11.6 Å². The Morgan fingerprint density at radius 1 is 0.704 bits per heavy atom. The number of hydrogen-bond donors (Lipinski definition) is 0. The molecule has 4 heteroatoms. The summed E-state index contributed by atoms with van der Waals surface area (Å²) in [5.41, 5.74) is 3.72. The van der Waals surface area contributed by atoms with Gasteiger partial charge >= 0.3 is 0 Å². The van der Waals surface area contributed by atoms with Crippen molar-refractivity contribution in [2.75, 3.05) is 37.2 Å². The number of benzene rings is 3. The number of nitrogens with zero attached hydrogens (tertiary/aromatic N) is 2. The van der Waals surface area contributed by atoms with Crippen molar-refractivity contribution in [2.45, 2.75) is 6.04 Å². The van der Waals surface area contributed by atoms with E-state index in [1.54, 1.807) is 14.2 Å². The summed E-state index contributed by atoms with van der Waals surface area (Å²) < 4.78 is 10.6. The molecule has 0 spiro atoms. The number of ether oxygens (including phenoxy) is 2. The fraction of sp³-hybridized carbons (Fsp3) is 0.217. The monoisotopic (exact) mass is 360 g/mol. The van der Waals surface area contributed by atoms with E-state index in [0.717, 1.165) is 24.7 Å². The first kappa shape index (κ1) is 17.3. The van der Waals surface area contributed by atoms with E-state index < -0.39 is 0 Å². The Morgan fingerprint density at radius 2 is 1.26 bits per heavy atom. The summed E-state index contributed by atoms with van der Waals surface area (Å²) in [6.07, 6.45) is 0. The Bertz CT molecular complexity index is 863. The van der Waals surface area contributed by atoms with Crippen molar-refractivity contribution in [3.8, 4) is 11.5 Å². The molecular formula is C23H24N2O2. The Kier molecular flexibility index (Phi) is 4.88.